The zero-order valence-electron chi connectivity index (χ0n) is 10.4. The first kappa shape index (κ1) is 14.4. The van der Waals surface area contributed by atoms with Crippen molar-refractivity contribution in [1.82, 2.24) is 0 Å². The molecule has 0 aliphatic rings. The summed E-state index contributed by atoms with van der Waals surface area (Å²) in [6.07, 6.45) is -0.663. The first-order valence-electron chi connectivity index (χ1n) is 5.20. The van der Waals surface area contributed by atoms with Crippen molar-refractivity contribution in [1.29, 1.82) is 0 Å². The number of ether oxygens (including phenoxy) is 3. The summed E-state index contributed by atoms with van der Waals surface area (Å²) < 4.78 is 15.4. The van der Waals surface area contributed by atoms with Crippen molar-refractivity contribution in [2.45, 2.75) is 40.1 Å². The van der Waals surface area contributed by atoms with Crippen LogP contribution in [0.3, 0.4) is 0 Å². The monoisotopic (exact) mass is 218 g/mol. The van der Waals surface area contributed by atoms with Crippen molar-refractivity contribution in [2.75, 3.05) is 14.2 Å². The largest absolute Gasteiger partial charge is 0.463 e. The minimum Gasteiger partial charge on any atom is -0.463 e. The fourth-order valence-electron chi connectivity index (χ4n) is 1.40. The third-order valence-electron chi connectivity index (χ3n) is 2.10. The Kier molecular flexibility index (Phi) is 6.52. The maximum Gasteiger partial charge on any atom is 0.314 e. The minimum atomic E-state index is -0.545. The second-order valence-electron chi connectivity index (χ2n) is 4.10. The summed E-state index contributed by atoms with van der Waals surface area (Å²) in [5, 5.41) is 0. The maximum atomic E-state index is 11.8. The van der Waals surface area contributed by atoms with Crippen LogP contribution < -0.4 is 0 Å². The van der Waals surface area contributed by atoms with Gasteiger partial charge in [-0.2, -0.15) is 0 Å². The number of carbonyl (C=O) groups is 1. The zero-order chi connectivity index (χ0) is 12.0. The van der Waals surface area contributed by atoms with Crippen molar-refractivity contribution < 1.29 is 19.0 Å². The van der Waals surface area contributed by atoms with Gasteiger partial charge in [0.15, 0.2) is 6.29 Å². The van der Waals surface area contributed by atoms with E-state index in [1.54, 1.807) is 0 Å². The molecule has 4 nitrogen and oxygen atoms in total. The van der Waals surface area contributed by atoms with Crippen LogP contribution in [0.15, 0.2) is 0 Å². The van der Waals surface area contributed by atoms with Gasteiger partial charge in [-0.05, 0) is 19.8 Å². The molecule has 90 valence electrons. The second-order valence-corrected chi connectivity index (χ2v) is 4.10. The topological polar surface area (TPSA) is 44.8 Å². The highest BCUT2D eigenvalue weighted by Crippen LogP contribution is 2.20. The van der Waals surface area contributed by atoms with Crippen LogP contribution in [-0.2, 0) is 19.0 Å². The van der Waals surface area contributed by atoms with Gasteiger partial charge in [-0.3, -0.25) is 4.79 Å². The summed E-state index contributed by atoms with van der Waals surface area (Å²) in [5.41, 5.74) is 0. The van der Waals surface area contributed by atoms with Crippen LogP contribution in [-0.4, -0.2) is 32.6 Å². The van der Waals surface area contributed by atoms with Crippen molar-refractivity contribution in [3.63, 3.8) is 0 Å². The highest BCUT2D eigenvalue weighted by atomic mass is 16.7. The Morgan fingerprint density at radius 1 is 1.00 bits per heavy atom. The Morgan fingerprint density at radius 2 is 1.47 bits per heavy atom. The molecule has 4 heteroatoms. The minimum absolute atomic E-state index is 0.112. The summed E-state index contributed by atoms with van der Waals surface area (Å²) in [6.45, 7) is 7.53. The molecule has 0 aliphatic heterocycles. The van der Waals surface area contributed by atoms with Gasteiger partial charge in [-0.1, -0.05) is 13.8 Å². The molecule has 0 aliphatic carbocycles. The molecule has 0 bridgehead atoms. The SMILES string of the molecule is COC(OC)C(C(=O)OC(C)C)C(C)C. The highest BCUT2D eigenvalue weighted by molar-refractivity contribution is 5.73. The lowest BCUT2D eigenvalue weighted by molar-refractivity contribution is -0.185. The van der Waals surface area contributed by atoms with E-state index in [0.29, 0.717) is 0 Å². The van der Waals surface area contributed by atoms with E-state index < -0.39 is 6.29 Å². The van der Waals surface area contributed by atoms with E-state index in [2.05, 4.69) is 0 Å². The molecule has 0 aromatic heterocycles. The molecule has 0 N–H and O–H groups in total. The van der Waals surface area contributed by atoms with Crippen LogP contribution >= 0.6 is 0 Å². The van der Waals surface area contributed by atoms with Crippen LogP contribution in [0.4, 0.5) is 0 Å². The van der Waals surface area contributed by atoms with E-state index in [9.17, 15) is 4.79 Å². The van der Waals surface area contributed by atoms with Gasteiger partial charge in [0, 0.05) is 14.2 Å². The molecule has 0 amide bonds. The predicted molar refractivity (Wildman–Crippen MR) is 57.4 cm³/mol. The van der Waals surface area contributed by atoms with Gasteiger partial charge in [-0.25, -0.2) is 0 Å². The molecule has 0 radical (unpaired) electrons. The first-order chi connectivity index (χ1) is 6.93. The van der Waals surface area contributed by atoms with E-state index in [0.717, 1.165) is 0 Å². The fourth-order valence-corrected chi connectivity index (χ4v) is 1.40. The molecule has 0 aromatic carbocycles. The molecule has 0 heterocycles. The summed E-state index contributed by atoms with van der Waals surface area (Å²) >= 11 is 0. The standard InChI is InChI=1S/C11H22O4/c1-7(2)9(11(13-5)14-6)10(12)15-8(3)4/h7-9,11H,1-6H3. The first-order valence-corrected chi connectivity index (χ1v) is 5.20. The molecule has 0 rings (SSSR count). The molecule has 1 unspecified atom stereocenters. The molecule has 0 aromatic rings. The lowest BCUT2D eigenvalue weighted by Gasteiger charge is -2.26. The molecule has 0 saturated carbocycles. The van der Waals surface area contributed by atoms with Crippen molar-refractivity contribution in [3.8, 4) is 0 Å². The molecule has 0 spiro atoms. The Morgan fingerprint density at radius 3 is 1.73 bits per heavy atom. The molecule has 0 fully saturated rings. The fraction of sp³-hybridized carbons (Fsp3) is 0.909. The average Bonchev–Trinajstić information content (AvgIpc) is 2.11. The van der Waals surface area contributed by atoms with Gasteiger partial charge < -0.3 is 14.2 Å². The lowest BCUT2D eigenvalue weighted by atomic mass is 9.95. The van der Waals surface area contributed by atoms with Crippen LogP contribution in [0.2, 0.25) is 0 Å². The van der Waals surface area contributed by atoms with E-state index in [4.69, 9.17) is 14.2 Å². The molecular formula is C11H22O4. The quantitative estimate of drug-likeness (QED) is 0.504. The van der Waals surface area contributed by atoms with Gasteiger partial charge in [0.25, 0.3) is 0 Å². The van der Waals surface area contributed by atoms with Gasteiger partial charge >= 0.3 is 5.97 Å². The number of hydrogen-bond acceptors (Lipinski definition) is 4. The Hall–Kier alpha value is -0.610. The maximum absolute atomic E-state index is 11.8. The van der Waals surface area contributed by atoms with Crippen LogP contribution in [0.5, 0.6) is 0 Å². The Balaban J connectivity index is 4.57. The lowest BCUT2D eigenvalue weighted by Crippen LogP contribution is -2.37. The van der Waals surface area contributed by atoms with Gasteiger partial charge in [0.1, 0.15) is 5.92 Å². The normalized spacial score (nSPS) is 13.7. The zero-order valence-corrected chi connectivity index (χ0v) is 10.4. The third kappa shape index (κ3) is 4.62. The second kappa shape index (κ2) is 6.80. The van der Waals surface area contributed by atoms with Gasteiger partial charge in [0.2, 0.25) is 0 Å². The van der Waals surface area contributed by atoms with Gasteiger partial charge in [0.05, 0.1) is 6.10 Å². The Bertz CT molecular complexity index is 185. The van der Waals surface area contributed by atoms with E-state index in [1.165, 1.54) is 14.2 Å². The smallest absolute Gasteiger partial charge is 0.314 e. The van der Waals surface area contributed by atoms with E-state index in [-0.39, 0.29) is 23.9 Å². The number of carbonyl (C=O) groups excluding carboxylic acids is 1. The van der Waals surface area contributed by atoms with Crippen molar-refractivity contribution in [3.05, 3.63) is 0 Å². The number of methoxy groups -OCH3 is 2. The highest BCUT2D eigenvalue weighted by Gasteiger charge is 2.33. The van der Waals surface area contributed by atoms with Crippen LogP contribution in [0.25, 0.3) is 0 Å². The summed E-state index contributed by atoms with van der Waals surface area (Å²) in [6, 6.07) is 0. The van der Waals surface area contributed by atoms with Crippen molar-refractivity contribution >= 4 is 5.97 Å². The molecule has 0 saturated heterocycles. The van der Waals surface area contributed by atoms with E-state index in [1.807, 2.05) is 27.7 Å². The van der Waals surface area contributed by atoms with Gasteiger partial charge in [-0.15, -0.1) is 0 Å². The number of rotatable bonds is 6. The number of hydrogen-bond donors (Lipinski definition) is 0. The summed E-state index contributed by atoms with van der Waals surface area (Å²) in [7, 11) is 3.04. The molecule has 15 heavy (non-hydrogen) atoms. The van der Waals surface area contributed by atoms with Crippen molar-refractivity contribution in [2.24, 2.45) is 11.8 Å². The number of esters is 1. The summed E-state index contributed by atoms with van der Waals surface area (Å²) in [4.78, 5) is 11.8. The third-order valence-corrected chi connectivity index (χ3v) is 2.10. The summed E-state index contributed by atoms with van der Waals surface area (Å²) in [5.74, 6) is -0.544. The predicted octanol–water partition coefficient (Wildman–Crippen LogP) is 1.83. The van der Waals surface area contributed by atoms with E-state index >= 15 is 0 Å². The average molecular weight is 218 g/mol. The van der Waals surface area contributed by atoms with Crippen LogP contribution in [0.1, 0.15) is 27.7 Å². The Labute approximate surface area is 91.9 Å². The van der Waals surface area contributed by atoms with Crippen LogP contribution in [0, 0.1) is 11.8 Å². The molecular weight excluding hydrogens is 196 g/mol. The molecule has 1 atom stereocenters.